The molecule has 0 bridgehead atoms. The zero-order chi connectivity index (χ0) is 26.3. The molecule has 194 valence electrons. The molecule has 2 heterocycles. The molecule has 12 nitrogen and oxygen atoms in total. The summed E-state index contributed by atoms with van der Waals surface area (Å²) >= 11 is 0. The van der Waals surface area contributed by atoms with Gasteiger partial charge in [-0.15, -0.1) is 5.10 Å². The number of non-ortho nitro benzene ring substituents is 1. The summed E-state index contributed by atoms with van der Waals surface area (Å²) in [5.41, 5.74) is -0.886. The monoisotopic (exact) mass is 501 g/mol. The van der Waals surface area contributed by atoms with E-state index in [0.717, 1.165) is 0 Å². The van der Waals surface area contributed by atoms with Crippen LogP contribution in [0.2, 0.25) is 0 Å². The smallest absolute Gasteiger partial charge is 0.305 e. The van der Waals surface area contributed by atoms with E-state index in [-0.39, 0.29) is 36.8 Å². The van der Waals surface area contributed by atoms with Crippen molar-refractivity contribution in [3.8, 4) is 0 Å². The fourth-order valence-electron chi connectivity index (χ4n) is 4.24. The van der Waals surface area contributed by atoms with Crippen LogP contribution >= 0.6 is 0 Å². The standard InChI is InChI=1S/C24H31N5O7/c1-17(7-3-5-12-27-16-18(11-14-30)25-26-27)24(33)20-15-19(29(34)35)9-10-21(20)28(23(24)32)13-6-4-8-22(31)36-2/h3,7,9-10,15-17,30,33H,4-6,8,11-14H2,1-2H3/b7-3+/t17-,24+/m1/s1. The number of aliphatic hydroxyl groups excluding tert-OH is 1. The minimum absolute atomic E-state index is 0.00927. The second kappa shape index (κ2) is 11.9. The first-order valence-electron chi connectivity index (χ1n) is 11.8. The zero-order valence-corrected chi connectivity index (χ0v) is 20.4. The summed E-state index contributed by atoms with van der Waals surface area (Å²) < 4.78 is 6.28. The summed E-state index contributed by atoms with van der Waals surface area (Å²) in [5.74, 6) is -1.57. The van der Waals surface area contributed by atoms with Crippen molar-refractivity contribution in [3.63, 3.8) is 0 Å². The number of unbranched alkanes of at least 4 members (excludes halogenated alkanes) is 1. The molecule has 2 N–H and O–H groups in total. The maximum Gasteiger partial charge on any atom is 0.305 e. The van der Waals surface area contributed by atoms with Crippen molar-refractivity contribution in [2.45, 2.75) is 51.2 Å². The van der Waals surface area contributed by atoms with Gasteiger partial charge in [0, 0.05) is 62.3 Å². The Balaban J connectivity index is 1.75. The maximum atomic E-state index is 13.4. The minimum Gasteiger partial charge on any atom is -0.469 e. The topological polar surface area (TPSA) is 161 Å². The predicted molar refractivity (Wildman–Crippen MR) is 129 cm³/mol. The van der Waals surface area contributed by atoms with E-state index in [1.165, 1.54) is 30.2 Å². The molecule has 0 saturated heterocycles. The number of ether oxygens (including phenoxy) is 1. The van der Waals surface area contributed by atoms with E-state index < -0.39 is 22.3 Å². The Hall–Kier alpha value is -3.64. The molecule has 0 fully saturated rings. The van der Waals surface area contributed by atoms with Gasteiger partial charge in [-0.2, -0.15) is 0 Å². The second-order valence-electron chi connectivity index (χ2n) is 8.67. The lowest BCUT2D eigenvalue weighted by Gasteiger charge is -2.27. The lowest BCUT2D eigenvalue weighted by Crippen LogP contribution is -2.44. The quantitative estimate of drug-likeness (QED) is 0.137. The van der Waals surface area contributed by atoms with Crippen LogP contribution in [0, 0.1) is 16.0 Å². The number of nitrogens with zero attached hydrogens (tertiary/aromatic N) is 5. The van der Waals surface area contributed by atoms with E-state index in [9.17, 15) is 24.8 Å². The van der Waals surface area contributed by atoms with E-state index in [1.54, 1.807) is 23.9 Å². The summed E-state index contributed by atoms with van der Waals surface area (Å²) in [4.78, 5) is 37.1. The number of esters is 1. The molecule has 1 aromatic carbocycles. The van der Waals surface area contributed by atoms with Crippen molar-refractivity contribution < 1.29 is 29.5 Å². The molecular formula is C24H31N5O7. The molecule has 36 heavy (non-hydrogen) atoms. The van der Waals surface area contributed by atoms with E-state index in [1.807, 2.05) is 6.08 Å². The van der Waals surface area contributed by atoms with Crippen molar-refractivity contribution in [1.29, 1.82) is 0 Å². The number of aliphatic hydroxyl groups is 2. The molecule has 0 aliphatic carbocycles. The number of allylic oxidation sites excluding steroid dienone is 1. The van der Waals surface area contributed by atoms with Gasteiger partial charge < -0.3 is 19.8 Å². The fraction of sp³-hybridized carbons (Fsp3) is 0.500. The molecular weight excluding hydrogens is 470 g/mol. The van der Waals surface area contributed by atoms with Crippen molar-refractivity contribution >= 4 is 23.3 Å². The number of methoxy groups -OCH3 is 1. The lowest BCUT2D eigenvalue weighted by molar-refractivity contribution is -0.385. The third kappa shape index (κ3) is 5.77. The molecule has 12 heteroatoms. The molecule has 0 spiro atoms. The van der Waals surface area contributed by atoms with Gasteiger partial charge in [-0.3, -0.25) is 24.4 Å². The summed E-state index contributed by atoms with van der Waals surface area (Å²) in [6.45, 7) is 2.45. The average Bonchev–Trinajstić information content (AvgIpc) is 3.40. The summed E-state index contributed by atoms with van der Waals surface area (Å²) in [7, 11) is 1.31. The number of amides is 1. The van der Waals surface area contributed by atoms with Crippen LogP contribution in [0.4, 0.5) is 11.4 Å². The van der Waals surface area contributed by atoms with Gasteiger partial charge in [0.1, 0.15) is 0 Å². The van der Waals surface area contributed by atoms with Crippen LogP contribution in [0.1, 0.15) is 43.9 Å². The van der Waals surface area contributed by atoms with E-state index in [0.29, 0.717) is 43.6 Å². The Morgan fingerprint density at radius 3 is 2.81 bits per heavy atom. The number of rotatable bonds is 13. The van der Waals surface area contributed by atoms with Crippen LogP contribution in [0.3, 0.4) is 0 Å². The molecule has 1 aliphatic heterocycles. The number of carbonyl (C=O) groups excluding carboxylic acids is 2. The molecule has 2 atom stereocenters. The highest BCUT2D eigenvalue weighted by Gasteiger charge is 2.52. The normalized spacial score (nSPS) is 18.0. The fourth-order valence-corrected chi connectivity index (χ4v) is 4.24. The van der Waals surface area contributed by atoms with Gasteiger partial charge in [0.2, 0.25) is 0 Å². The Labute approximate surface area is 208 Å². The first-order chi connectivity index (χ1) is 17.2. The highest BCUT2D eigenvalue weighted by molar-refractivity contribution is 6.07. The van der Waals surface area contributed by atoms with Gasteiger partial charge in [-0.1, -0.05) is 24.3 Å². The number of hydrogen-bond acceptors (Lipinski definition) is 9. The number of fused-ring (bicyclic) bond motifs is 1. The van der Waals surface area contributed by atoms with Crippen LogP contribution in [-0.4, -0.2) is 62.3 Å². The van der Waals surface area contributed by atoms with Crippen molar-refractivity contribution in [2.24, 2.45) is 5.92 Å². The molecule has 3 rings (SSSR count). The third-order valence-electron chi connectivity index (χ3n) is 6.27. The molecule has 0 radical (unpaired) electrons. The Morgan fingerprint density at radius 1 is 1.33 bits per heavy atom. The zero-order valence-electron chi connectivity index (χ0n) is 20.4. The van der Waals surface area contributed by atoms with Crippen molar-refractivity contribution in [3.05, 3.63) is 57.9 Å². The predicted octanol–water partition coefficient (Wildman–Crippen LogP) is 1.88. The van der Waals surface area contributed by atoms with Crippen LogP contribution < -0.4 is 4.90 Å². The Morgan fingerprint density at radius 2 is 2.11 bits per heavy atom. The van der Waals surface area contributed by atoms with Crippen LogP contribution in [0.5, 0.6) is 0 Å². The molecule has 2 aromatic rings. The first kappa shape index (κ1) is 27.0. The van der Waals surface area contributed by atoms with Gasteiger partial charge in [0.25, 0.3) is 11.6 Å². The first-order valence-corrected chi connectivity index (χ1v) is 11.8. The molecule has 1 aliphatic rings. The average molecular weight is 502 g/mol. The summed E-state index contributed by atoms with van der Waals surface area (Å²) in [6, 6.07) is 4.04. The Kier molecular flexibility index (Phi) is 8.88. The second-order valence-corrected chi connectivity index (χ2v) is 8.67. The van der Waals surface area contributed by atoms with Gasteiger partial charge in [-0.25, -0.2) is 0 Å². The van der Waals surface area contributed by atoms with E-state index >= 15 is 0 Å². The number of aryl methyl sites for hydroxylation is 1. The number of aromatic nitrogens is 3. The van der Waals surface area contributed by atoms with Gasteiger partial charge in [-0.05, 0) is 25.3 Å². The number of hydrogen-bond donors (Lipinski definition) is 2. The number of benzene rings is 1. The molecule has 1 amide bonds. The number of anilines is 1. The number of nitro benzene ring substituents is 1. The number of nitro groups is 1. The highest BCUT2D eigenvalue weighted by atomic mass is 16.6. The van der Waals surface area contributed by atoms with E-state index in [4.69, 9.17) is 5.11 Å². The maximum absolute atomic E-state index is 13.4. The molecule has 1 aromatic heterocycles. The lowest BCUT2D eigenvalue weighted by atomic mass is 9.82. The van der Waals surface area contributed by atoms with Gasteiger partial charge in [0.05, 0.1) is 23.4 Å². The highest BCUT2D eigenvalue weighted by Crippen LogP contribution is 2.46. The van der Waals surface area contributed by atoms with Crippen LogP contribution in [0.15, 0.2) is 36.5 Å². The Bertz CT molecular complexity index is 1130. The van der Waals surface area contributed by atoms with Gasteiger partial charge in [0.15, 0.2) is 5.60 Å². The minimum atomic E-state index is -1.97. The SMILES string of the molecule is COC(=O)CCCCN1C(=O)[C@](O)([C@H](C)/C=C/CCn2cc(CCO)nn2)c2cc([N+](=O)[O-])ccc21. The largest absolute Gasteiger partial charge is 0.469 e. The van der Waals surface area contributed by atoms with Crippen LogP contribution in [0.25, 0.3) is 0 Å². The third-order valence-corrected chi connectivity index (χ3v) is 6.27. The summed E-state index contributed by atoms with van der Waals surface area (Å²) in [5, 5.41) is 39.9. The molecule has 0 saturated carbocycles. The molecule has 0 unspecified atom stereocenters. The van der Waals surface area contributed by atoms with E-state index in [2.05, 4.69) is 15.0 Å². The van der Waals surface area contributed by atoms with Crippen molar-refractivity contribution in [1.82, 2.24) is 15.0 Å². The van der Waals surface area contributed by atoms with Crippen LogP contribution in [-0.2, 0) is 32.9 Å². The van der Waals surface area contributed by atoms with Crippen molar-refractivity contribution in [2.75, 3.05) is 25.2 Å². The number of carbonyl (C=O) groups is 2. The van der Waals surface area contributed by atoms with Gasteiger partial charge >= 0.3 is 5.97 Å². The summed E-state index contributed by atoms with van der Waals surface area (Å²) in [6.07, 6.45) is 7.45.